The number of likely N-dealkylation sites (tertiary alicyclic amines) is 1. The van der Waals surface area contributed by atoms with Gasteiger partial charge in [0.05, 0.1) is 4.90 Å². The molecule has 0 spiro atoms. The van der Waals surface area contributed by atoms with Gasteiger partial charge >= 0.3 is 0 Å². The van der Waals surface area contributed by atoms with E-state index in [0.717, 1.165) is 43.3 Å². The standard InChI is InChI=1S/C22H24FN3O2S/c1-16-6-5-7-19-21(16)20(29(27,28)15-26-12-3-2-4-13-26)14-24-22(19)25-18-10-8-17(23)9-11-18/h5-11,14H,2-4,12-13,15H2,1H3,(H,24,25). The van der Waals surface area contributed by atoms with Crippen LogP contribution in [0.15, 0.2) is 53.6 Å². The summed E-state index contributed by atoms with van der Waals surface area (Å²) in [5, 5.41) is 4.59. The smallest absolute Gasteiger partial charge is 0.193 e. The van der Waals surface area contributed by atoms with Crippen molar-refractivity contribution in [1.29, 1.82) is 0 Å². The van der Waals surface area contributed by atoms with Crippen LogP contribution in [0, 0.1) is 12.7 Å². The monoisotopic (exact) mass is 413 g/mol. The van der Waals surface area contributed by atoms with Crippen LogP contribution in [-0.2, 0) is 9.84 Å². The molecule has 0 radical (unpaired) electrons. The number of nitrogens with zero attached hydrogens (tertiary/aromatic N) is 2. The minimum atomic E-state index is -3.52. The van der Waals surface area contributed by atoms with E-state index >= 15 is 0 Å². The largest absolute Gasteiger partial charge is 0.340 e. The second-order valence-electron chi connectivity index (χ2n) is 7.52. The topological polar surface area (TPSA) is 62.3 Å². The van der Waals surface area contributed by atoms with Crippen LogP contribution in [-0.4, -0.2) is 37.3 Å². The molecule has 1 aliphatic rings. The quantitative estimate of drug-likeness (QED) is 0.660. The lowest BCUT2D eigenvalue weighted by molar-refractivity contribution is 0.261. The number of sulfone groups is 1. The molecule has 1 N–H and O–H groups in total. The molecular weight excluding hydrogens is 389 g/mol. The highest BCUT2D eigenvalue weighted by molar-refractivity contribution is 7.91. The highest BCUT2D eigenvalue weighted by atomic mass is 32.2. The van der Waals surface area contributed by atoms with E-state index in [4.69, 9.17) is 0 Å². The van der Waals surface area contributed by atoms with E-state index in [1.54, 1.807) is 12.1 Å². The van der Waals surface area contributed by atoms with Gasteiger partial charge in [-0.2, -0.15) is 0 Å². The molecule has 4 rings (SSSR count). The van der Waals surface area contributed by atoms with Crippen LogP contribution in [0.1, 0.15) is 24.8 Å². The molecule has 1 aliphatic heterocycles. The molecule has 0 amide bonds. The molecule has 0 bridgehead atoms. The summed E-state index contributed by atoms with van der Waals surface area (Å²) in [5.74, 6) is 0.249. The average molecular weight is 414 g/mol. The Morgan fingerprint density at radius 2 is 1.79 bits per heavy atom. The van der Waals surface area contributed by atoms with Crippen molar-refractivity contribution in [2.45, 2.75) is 31.1 Å². The Kier molecular flexibility index (Phi) is 5.52. The second kappa shape index (κ2) is 8.08. The number of piperidine rings is 1. The first-order valence-electron chi connectivity index (χ1n) is 9.80. The Bertz CT molecular complexity index is 1120. The Morgan fingerprint density at radius 3 is 2.52 bits per heavy atom. The molecule has 0 saturated carbocycles. The van der Waals surface area contributed by atoms with Gasteiger partial charge in [-0.15, -0.1) is 0 Å². The molecule has 0 aliphatic carbocycles. The normalized spacial score (nSPS) is 15.5. The van der Waals surface area contributed by atoms with Gasteiger partial charge < -0.3 is 5.32 Å². The summed E-state index contributed by atoms with van der Waals surface area (Å²) in [4.78, 5) is 6.69. The molecule has 5 nitrogen and oxygen atoms in total. The molecule has 1 aromatic heterocycles. The summed E-state index contributed by atoms with van der Waals surface area (Å²) >= 11 is 0. The molecule has 29 heavy (non-hydrogen) atoms. The van der Waals surface area contributed by atoms with Gasteiger partial charge in [-0.1, -0.05) is 24.6 Å². The van der Waals surface area contributed by atoms with Gasteiger partial charge in [0.2, 0.25) is 0 Å². The summed E-state index contributed by atoms with van der Waals surface area (Å²) in [6.07, 6.45) is 4.67. The molecule has 2 aromatic carbocycles. The lowest BCUT2D eigenvalue weighted by Crippen LogP contribution is -2.34. The zero-order valence-electron chi connectivity index (χ0n) is 16.4. The van der Waals surface area contributed by atoms with Crippen molar-refractivity contribution >= 4 is 32.1 Å². The maximum Gasteiger partial charge on any atom is 0.193 e. The van der Waals surface area contributed by atoms with Crippen LogP contribution in [0.5, 0.6) is 0 Å². The predicted octanol–water partition coefficient (Wildman–Crippen LogP) is 4.64. The van der Waals surface area contributed by atoms with E-state index in [-0.39, 0.29) is 16.6 Å². The average Bonchev–Trinajstić information content (AvgIpc) is 2.70. The molecule has 7 heteroatoms. The Hall–Kier alpha value is -2.51. The zero-order chi connectivity index (χ0) is 20.4. The Morgan fingerprint density at radius 1 is 1.07 bits per heavy atom. The van der Waals surface area contributed by atoms with Gasteiger partial charge in [0, 0.05) is 22.7 Å². The van der Waals surface area contributed by atoms with Crippen molar-refractivity contribution in [2.24, 2.45) is 0 Å². The van der Waals surface area contributed by atoms with Crippen molar-refractivity contribution in [3.05, 3.63) is 60.0 Å². The first kappa shape index (κ1) is 19.8. The maximum atomic E-state index is 13.2. The molecule has 0 atom stereocenters. The van der Waals surface area contributed by atoms with Gasteiger partial charge in [0.15, 0.2) is 9.84 Å². The summed E-state index contributed by atoms with van der Waals surface area (Å²) in [7, 11) is -3.52. The van der Waals surface area contributed by atoms with Crippen LogP contribution >= 0.6 is 0 Å². The first-order valence-corrected chi connectivity index (χ1v) is 11.5. The maximum absolute atomic E-state index is 13.2. The number of aryl methyl sites for hydroxylation is 1. The number of hydrogen-bond donors (Lipinski definition) is 1. The van der Waals surface area contributed by atoms with Crippen LogP contribution in [0.4, 0.5) is 15.9 Å². The number of pyridine rings is 1. The van der Waals surface area contributed by atoms with Crippen molar-refractivity contribution in [3.63, 3.8) is 0 Å². The van der Waals surface area contributed by atoms with Gasteiger partial charge in [-0.3, -0.25) is 4.90 Å². The van der Waals surface area contributed by atoms with Crippen molar-refractivity contribution < 1.29 is 12.8 Å². The summed E-state index contributed by atoms with van der Waals surface area (Å²) in [6, 6.07) is 11.6. The van der Waals surface area contributed by atoms with E-state index in [1.165, 1.54) is 18.3 Å². The number of nitrogens with one attached hydrogen (secondary N) is 1. The fraction of sp³-hybridized carbons (Fsp3) is 0.318. The van der Waals surface area contributed by atoms with Gasteiger partial charge in [-0.05, 0) is 62.7 Å². The molecule has 0 unspecified atom stereocenters. The van der Waals surface area contributed by atoms with Crippen molar-refractivity contribution in [2.75, 3.05) is 24.3 Å². The van der Waals surface area contributed by atoms with E-state index < -0.39 is 9.84 Å². The van der Waals surface area contributed by atoms with Gasteiger partial charge in [-0.25, -0.2) is 17.8 Å². The first-order chi connectivity index (χ1) is 13.9. The number of hydrogen-bond acceptors (Lipinski definition) is 5. The minimum absolute atomic E-state index is 0.0167. The molecule has 1 fully saturated rings. The lowest BCUT2D eigenvalue weighted by Gasteiger charge is -2.26. The number of aromatic nitrogens is 1. The number of rotatable bonds is 5. The Balaban J connectivity index is 1.75. The van der Waals surface area contributed by atoms with Crippen LogP contribution in [0.3, 0.4) is 0 Å². The summed E-state index contributed by atoms with van der Waals surface area (Å²) in [5.41, 5.74) is 1.56. The third kappa shape index (κ3) is 4.26. The van der Waals surface area contributed by atoms with Crippen LogP contribution in [0.2, 0.25) is 0 Å². The second-order valence-corrected chi connectivity index (χ2v) is 9.45. The fourth-order valence-electron chi connectivity index (χ4n) is 3.85. The van der Waals surface area contributed by atoms with E-state index in [2.05, 4.69) is 10.3 Å². The summed E-state index contributed by atoms with van der Waals surface area (Å²) < 4.78 is 39.7. The molecular formula is C22H24FN3O2S. The number of fused-ring (bicyclic) bond motifs is 1. The predicted molar refractivity (Wildman–Crippen MR) is 114 cm³/mol. The molecule has 2 heterocycles. The van der Waals surface area contributed by atoms with Gasteiger partial charge in [0.1, 0.15) is 17.5 Å². The van der Waals surface area contributed by atoms with E-state index in [1.807, 2.05) is 30.0 Å². The third-order valence-corrected chi connectivity index (χ3v) is 7.01. The highest BCUT2D eigenvalue weighted by Gasteiger charge is 2.25. The molecule has 3 aromatic rings. The lowest BCUT2D eigenvalue weighted by atomic mass is 10.1. The van der Waals surface area contributed by atoms with Crippen molar-refractivity contribution in [3.8, 4) is 0 Å². The number of benzene rings is 2. The highest BCUT2D eigenvalue weighted by Crippen LogP contribution is 2.32. The summed E-state index contributed by atoms with van der Waals surface area (Å²) in [6.45, 7) is 3.53. The molecule has 1 saturated heterocycles. The SMILES string of the molecule is Cc1cccc2c(Nc3ccc(F)cc3)ncc(S(=O)(=O)CN3CCCCC3)c12. The number of anilines is 2. The number of halogens is 1. The van der Waals surface area contributed by atoms with Crippen molar-refractivity contribution in [1.82, 2.24) is 9.88 Å². The molecule has 152 valence electrons. The Labute approximate surface area is 170 Å². The minimum Gasteiger partial charge on any atom is -0.340 e. The van der Waals surface area contributed by atoms with Crippen LogP contribution < -0.4 is 5.32 Å². The van der Waals surface area contributed by atoms with E-state index in [9.17, 15) is 12.8 Å². The fourth-order valence-corrected chi connectivity index (χ4v) is 5.53. The third-order valence-electron chi connectivity index (χ3n) is 5.33. The zero-order valence-corrected chi connectivity index (χ0v) is 17.2. The van der Waals surface area contributed by atoms with E-state index in [0.29, 0.717) is 16.9 Å². The van der Waals surface area contributed by atoms with Gasteiger partial charge in [0.25, 0.3) is 0 Å². The van der Waals surface area contributed by atoms with Crippen LogP contribution in [0.25, 0.3) is 10.8 Å².